The van der Waals surface area contributed by atoms with Crippen molar-refractivity contribution in [2.75, 3.05) is 0 Å². The highest BCUT2D eigenvalue weighted by atomic mass is 16.3. The zero-order valence-corrected chi connectivity index (χ0v) is 21.8. The third-order valence-electron chi connectivity index (χ3n) is 11.0. The quantitative estimate of drug-likeness (QED) is 0.449. The van der Waals surface area contributed by atoms with Crippen molar-refractivity contribution in [3.8, 4) is 0 Å². The summed E-state index contributed by atoms with van der Waals surface area (Å²) in [6.45, 7) is 16.9. The third kappa shape index (κ3) is 3.96. The van der Waals surface area contributed by atoms with E-state index in [0.717, 1.165) is 25.2 Å². The monoisotopic (exact) mass is 442 g/mol. The van der Waals surface area contributed by atoms with Gasteiger partial charge in [0.2, 0.25) is 0 Å². The van der Waals surface area contributed by atoms with Crippen LogP contribution in [0.4, 0.5) is 0 Å². The maximum atomic E-state index is 11.4. The van der Waals surface area contributed by atoms with E-state index in [1.165, 1.54) is 31.3 Å². The molecular weight excluding hydrogens is 392 g/mol. The number of allylic oxidation sites excluding steroid dienone is 2. The van der Waals surface area contributed by atoms with Gasteiger partial charge in [0.25, 0.3) is 0 Å². The van der Waals surface area contributed by atoms with Crippen LogP contribution in [0, 0.1) is 58.2 Å². The van der Waals surface area contributed by atoms with Gasteiger partial charge in [0.15, 0.2) is 0 Å². The van der Waals surface area contributed by atoms with Crippen LogP contribution < -0.4 is 0 Å². The van der Waals surface area contributed by atoms with Gasteiger partial charge in [0.05, 0.1) is 12.2 Å². The van der Waals surface area contributed by atoms with Gasteiger partial charge in [-0.3, -0.25) is 0 Å². The SMILES string of the molecule is CC(C)C(/C=C/[C@@H](C)[C@H]1CC[C@H]2[C@@H]3[C@@H](O)C=C4C[C@@H](O)CC[C@]4(C)[C@H]3CC[C@]12C)C(C)C. The van der Waals surface area contributed by atoms with Crippen LogP contribution in [-0.4, -0.2) is 22.4 Å². The molecule has 0 spiro atoms. The number of hydrogen-bond donors (Lipinski definition) is 2. The fourth-order valence-corrected chi connectivity index (χ4v) is 9.19. The van der Waals surface area contributed by atoms with Gasteiger partial charge in [0.1, 0.15) is 0 Å². The minimum absolute atomic E-state index is 0.190. The van der Waals surface area contributed by atoms with Gasteiger partial charge in [-0.05, 0) is 103 Å². The molecule has 0 unspecified atom stereocenters. The van der Waals surface area contributed by atoms with Crippen LogP contribution in [0.1, 0.15) is 93.4 Å². The molecule has 0 radical (unpaired) electrons. The molecule has 0 saturated heterocycles. The molecule has 2 N–H and O–H groups in total. The van der Waals surface area contributed by atoms with Gasteiger partial charge >= 0.3 is 0 Å². The van der Waals surface area contributed by atoms with Crippen molar-refractivity contribution in [2.24, 2.45) is 58.2 Å². The van der Waals surface area contributed by atoms with E-state index in [4.69, 9.17) is 0 Å². The minimum atomic E-state index is -0.325. The molecule has 0 aliphatic heterocycles. The highest BCUT2D eigenvalue weighted by Crippen LogP contribution is 2.67. The predicted molar refractivity (Wildman–Crippen MR) is 134 cm³/mol. The standard InChI is InChI=1S/C30H50O2/c1-18(2)23(19(3)4)9-8-20(5)24-10-11-25-28-26(13-15-30(24,25)7)29(6)14-12-22(31)16-21(29)17-27(28)32/h8-9,17-20,22-28,31-32H,10-16H2,1-7H3/b9-8+/t20-,22+,24-,25+,26+,27+,28+,29+,30-/m1/s1. The van der Waals surface area contributed by atoms with E-state index in [9.17, 15) is 10.2 Å². The molecule has 9 atom stereocenters. The second-order valence-corrected chi connectivity index (χ2v) is 13.3. The summed E-state index contributed by atoms with van der Waals surface area (Å²) in [6.07, 6.45) is 14.6. The molecular formula is C30H50O2. The lowest BCUT2D eigenvalue weighted by Gasteiger charge is -2.59. The molecule has 3 fully saturated rings. The molecule has 182 valence electrons. The maximum Gasteiger partial charge on any atom is 0.0757 e. The zero-order chi connectivity index (χ0) is 23.4. The Balaban J connectivity index is 1.56. The molecule has 0 aromatic heterocycles. The molecule has 3 saturated carbocycles. The normalized spacial score (nSPS) is 45.2. The molecule has 0 amide bonds. The maximum absolute atomic E-state index is 11.4. The summed E-state index contributed by atoms with van der Waals surface area (Å²) in [5, 5.41) is 21.6. The molecule has 2 heteroatoms. The second-order valence-electron chi connectivity index (χ2n) is 13.3. The lowest BCUT2D eigenvalue weighted by Crippen LogP contribution is -2.54. The van der Waals surface area contributed by atoms with Crippen molar-refractivity contribution in [3.63, 3.8) is 0 Å². The fraction of sp³-hybridized carbons (Fsp3) is 0.867. The highest BCUT2D eigenvalue weighted by Gasteiger charge is 2.61. The Morgan fingerprint density at radius 3 is 2.22 bits per heavy atom. The number of rotatable bonds is 5. The fourth-order valence-electron chi connectivity index (χ4n) is 9.19. The molecule has 4 aliphatic carbocycles. The molecule has 0 bridgehead atoms. The first-order chi connectivity index (χ1) is 15.0. The lowest BCUT2D eigenvalue weighted by molar-refractivity contribution is -0.0950. The van der Waals surface area contributed by atoms with E-state index in [2.05, 4.69) is 66.7 Å². The van der Waals surface area contributed by atoms with Crippen LogP contribution in [0.25, 0.3) is 0 Å². The summed E-state index contributed by atoms with van der Waals surface area (Å²) in [5.74, 6) is 4.98. The molecule has 0 heterocycles. The number of hydrogen-bond acceptors (Lipinski definition) is 2. The topological polar surface area (TPSA) is 40.5 Å². The first-order valence-electron chi connectivity index (χ1n) is 13.7. The van der Waals surface area contributed by atoms with Crippen molar-refractivity contribution in [3.05, 3.63) is 23.8 Å². The molecule has 0 aromatic rings. The Hall–Kier alpha value is -0.600. The summed E-state index contributed by atoms with van der Waals surface area (Å²) in [7, 11) is 0. The Morgan fingerprint density at radius 1 is 0.875 bits per heavy atom. The van der Waals surface area contributed by atoms with E-state index >= 15 is 0 Å². The third-order valence-corrected chi connectivity index (χ3v) is 11.0. The number of fused-ring (bicyclic) bond motifs is 5. The summed E-state index contributed by atoms with van der Waals surface area (Å²) >= 11 is 0. The van der Waals surface area contributed by atoms with Gasteiger partial charge in [-0.15, -0.1) is 0 Å². The van der Waals surface area contributed by atoms with Crippen molar-refractivity contribution in [1.82, 2.24) is 0 Å². The van der Waals surface area contributed by atoms with Crippen molar-refractivity contribution < 1.29 is 10.2 Å². The van der Waals surface area contributed by atoms with Crippen LogP contribution in [0.5, 0.6) is 0 Å². The lowest BCUT2D eigenvalue weighted by atomic mass is 9.46. The van der Waals surface area contributed by atoms with Crippen LogP contribution >= 0.6 is 0 Å². The van der Waals surface area contributed by atoms with E-state index in [-0.39, 0.29) is 17.6 Å². The highest BCUT2D eigenvalue weighted by molar-refractivity contribution is 5.28. The first kappa shape index (κ1) is 24.5. The van der Waals surface area contributed by atoms with Crippen molar-refractivity contribution in [1.29, 1.82) is 0 Å². The number of aliphatic hydroxyl groups is 2. The van der Waals surface area contributed by atoms with Gasteiger partial charge in [-0.2, -0.15) is 0 Å². The van der Waals surface area contributed by atoms with E-state index in [1.807, 2.05) is 0 Å². The van der Waals surface area contributed by atoms with Gasteiger partial charge in [-0.1, -0.05) is 72.3 Å². The van der Waals surface area contributed by atoms with E-state index in [0.29, 0.717) is 46.8 Å². The summed E-state index contributed by atoms with van der Waals surface area (Å²) in [5.41, 5.74) is 1.89. The summed E-state index contributed by atoms with van der Waals surface area (Å²) < 4.78 is 0. The Bertz CT molecular complexity index is 727. The second kappa shape index (κ2) is 8.88. The predicted octanol–water partition coefficient (Wildman–Crippen LogP) is 7.02. The summed E-state index contributed by atoms with van der Waals surface area (Å²) in [6, 6.07) is 0. The van der Waals surface area contributed by atoms with Crippen LogP contribution in [-0.2, 0) is 0 Å². The van der Waals surface area contributed by atoms with Crippen LogP contribution in [0.3, 0.4) is 0 Å². The van der Waals surface area contributed by atoms with Crippen LogP contribution in [0.15, 0.2) is 23.8 Å². The molecule has 32 heavy (non-hydrogen) atoms. The van der Waals surface area contributed by atoms with Gasteiger partial charge in [0, 0.05) is 0 Å². The number of aliphatic hydroxyl groups excluding tert-OH is 2. The Kier molecular flexibility index (Phi) is 6.80. The largest absolute Gasteiger partial charge is 0.393 e. The smallest absolute Gasteiger partial charge is 0.0757 e. The first-order valence-corrected chi connectivity index (χ1v) is 13.7. The van der Waals surface area contributed by atoms with Crippen LogP contribution in [0.2, 0.25) is 0 Å². The van der Waals surface area contributed by atoms with Crippen molar-refractivity contribution >= 4 is 0 Å². The molecule has 0 aromatic carbocycles. The minimum Gasteiger partial charge on any atom is -0.393 e. The molecule has 2 nitrogen and oxygen atoms in total. The van der Waals surface area contributed by atoms with Gasteiger partial charge < -0.3 is 10.2 Å². The average Bonchev–Trinajstić information content (AvgIpc) is 3.06. The molecule has 4 aliphatic rings. The average molecular weight is 443 g/mol. The van der Waals surface area contributed by atoms with E-state index in [1.54, 1.807) is 0 Å². The summed E-state index contributed by atoms with van der Waals surface area (Å²) in [4.78, 5) is 0. The Labute approximate surface area is 198 Å². The molecule has 4 rings (SSSR count). The van der Waals surface area contributed by atoms with E-state index < -0.39 is 0 Å². The van der Waals surface area contributed by atoms with Crippen molar-refractivity contribution in [2.45, 2.75) is 106 Å². The Morgan fingerprint density at radius 2 is 1.56 bits per heavy atom. The van der Waals surface area contributed by atoms with Gasteiger partial charge in [-0.25, -0.2) is 0 Å². The zero-order valence-electron chi connectivity index (χ0n) is 21.8.